The van der Waals surface area contributed by atoms with Crippen molar-refractivity contribution in [2.24, 2.45) is 0 Å². The van der Waals surface area contributed by atoms with Gasteiger partial charge in [-0.25, -0.2) is 14.4 Å². The molecule has 0 aromatic rings. The monoisotopic (exact) mass is 244 g/mol. The van der Waals surface area contributed by atoms with Gasteiger partial charge in [-0.1, -0.05) is 6.58 Å². The zero-order valence-electron chi connectivity index (χ0n) is 10.3. The third-order valence-electron chi connectivity index (χ3n) is 1.17. The average Bonchev–Trinajstić information content (AvgIpc) is 2.15. The van der Waals surface area contributed by atoms with E-state index in [4.69, 9.17) is 25.5 Å². The van der Waals surface area contributed by atoms with Gasteiger partial charge >= 0.3 is 36.8 Å². The molecule has 0 bridgehead atoms. The molecule has 0 aromatic heterocycles. The molecule has 0 saturated heterocycles. The van der Waals surface area contributed by atoms with Gasteiger partial charge in [-0.3, -0.25) is 0 Å². The summed E-state index contributed by atoms with van der Waals surface area (Å²) in [7, 11) is 0. The van der Waals surface area contributed by atoms with Gasteiger partial charge in [0.1, 0.15) is 0 Å². The minimum Gasteiger partial charge on any atom is -1.00 e. The Morgan fingerprint density at radius 3 is 1.24 bits per heavy atom. The Hall–Kier alpha value is -1.33. The van der Waals surface area contributed by atoms with Gasteiger partial charge in [-0.2, -0.15) is 0 Å². The Morgan fingerprint density at radius 1 is 1.00 bits per heavy atom. The van der Waals surface area contributed by atoms with E-state index < -0.39 is 30.1 Å². The van der Waals surface area contributed by atoms with Crippen LogP contribution in [0.3, 0.4) is 0 Å². The molecular weight excluding hydrogens is 231 g/mol. The molecule has 0 aliphatic rings. The number of carbonyl (C=O) groups is 3. The predicted molar refractivity (Wildman–Crippen MR) is 50.8 cm³/mol. The van der Waals surface area contributed by atoms with Crippen molar-refractivity contribution in [3.63, 3.8) is 0 Å². The van der Waals surface area contributed by atoms with E-state index in [0.717, 1.165) is 0 Å². The number of rotatable bonds is 4. The summed E-state index contributed by atoms with van der Waals surface area (Å²) in [4.78, 5) is 29.1. The van der Waals surface area contributed by atoms with E-state index in [2.05, 4.69) is 6.58 Å². The molecule has 9 heteroatoms. The second-order valence-electron chi connectivity index (χ2n) is 2.65. The Morgan fingerprint density at radius 2 is 1.18 bits per heavy atom. The number of aliphatic hydroxyl groups excluding tert-OH is 2. The zero-order valence-corrected chi connectivity index (χ0v) is 9.32. The Balaban J connectivity index is -0.000000108. The summed E-state index contributed by atoms with van der Waals surface area (Å²) in [6, 6.07) is 0. The van der Waals surface area contributed by atoms with Gasteiger partial charge < -0.3 is 27.0 Å². The van der Waals surface area contributed by atoms with E-state index >= 15 is 0 Å². The van der Waals surface area contributed by atoms with Crippen LogP contribution in [0.25, 0.3) is 0 Å². The van der Waals surface area contributed by atoms with Crippen LogP contribution >= 0.6 is 0 Å². The van der Waals surface area contributed by atoms with Gasteiger partial charge in [0, 0.05) is 5.57 Å². The fraction of sp³-hybridized carbons (Fsp3) is 0.375. The first-order chi connectivity index (χ1) is 7.11. The second kappa shape index (κ2) is 9.86. The van der Waals surface area contributed by atoms with Gasteiger partial charge in [0.25, 0.3) is 0 Å². The number of hydrogen-bond donors (Lipinski definition) is 5. The number of aliphatic hydroxyl groups is 2. The van der Waals surface area contributed by atoms with Crippen molar-refractivity contribution in [3.8, 4) is 0 Å². The molecule has 17 heavy (non-hydrogen) atoms. The normalized spacial score (nSPS) is 11.9. The van der Waals surface area contributed by atoms with Crippen molar-refractivity contribution in [2.75, 3.05) is 0 Å². The van der Waals surface area contributed by atoms with Gasteiger partial charge in [-0.15, -0.1) is 0 Å². The summed E-state index contributed by atoms with van der Waals surface area (Å²) in [6.07, 6.45) is -4.53. The molecule has 0 aliphatic carbocycles. The van der Waals surface area contributed by atoms with E-state index in [1.165, 1.54) is 6.92 Å². The van der Waals surface area contributed by atoms with Gasteiger partial charge in [0.15, 0.2) is 12.2 Å². The fourth-order valence-electron chi connectivity index (χ4n) is 0.270. The van der Waals surface area contributed by atoms with Gasteiger partial charge in [0.05, 0.1) is 0 Å². The second-order valence-corrected chi connectivity index (χ2v) is 2.65. The molecule has 2 unspecified atom stereocenters. The smallest absolute Gasteiger partial charge is 1.00 e. The van der Waals surface area contributed by atoms with Gasteiger partial charge in [0.2, 0.25) is 0 Å². The summed E-state index contributed by atoms with van der Waals surface area (Å²) in [5, 5.41) is 40.4. The van der Waals surface area contributed by atoms with Crippen molar-refractivity contribution in [2.45, 2.75) is 19.1 Å². The van der Waals surface area contributed by atoms with Crippen LogP contribution in [-0.2, 0) is 14.4 Å². The standard InChI is InChI=1S/C4H6O6.C4H6O2.Li.H/c5-1(3(7)8)2(6)4(9)10;1-3(2)4(5)6;;/h1-2,5-6H,(H,7,8)(H,9,10);1H2,2H3,(H,5,6);;/q;;+1;-1. The molecule has 0 spiro atoms. The van der Waals surface area contributed by atoms with E-state index in [0.29, 0.717) is 0 Å². The molecule has 0 radical (unpaired) electrons. The Kier molecular flexibility index (Phi) is 12.2. The zero-order chi connectivity index (χ0) is 13.5. The summed E-state index contributed by atoms with van der Waals surface area (Å²) in [6.45, 7) is 4.60. The van der Waals surface area contributed by atoms with Crippen LogP contribution < -0.4 is 18.9 Å². The molecule has 2 atom stereocenters. The van der Waals surface area contributed by atoms with Crippen LogP contribution in [0.5, 0.6) is 0 Å². The van der Waals surface area contributed by atoms with Crippen molar-refractivity contribution < 1.29 is 60.2 Å². The molecule has 0 saturated carbocycles. The molecule has 0 fully saturated rings. The van der Waals surface area contributed by atoms with Crippen molar-refractivity contribution in [1.29, 1.82) is 0 Å². The number of hydrogen-bond acceptors (Lipinski definition) is 5. The molecule has 0 aromatic carbocycles. The Labute approximate surface area is 110 Å². The predicted octanol–water partition coefficient (Wildman–Crippen LogP) is -4.36. The third-order valence-corrected chi connectivity index (χ3v) is 1.17. The summed E-state index contributed by atoms with van der Waals surface area (Å²) in [5.41, 5.74) is 0.176. The molecule has 8 nitrogen and oxygen atoms in total. The minimum atomic E-state index is -2.27. The fourth-order valence-corrected chi connectivity index (χ4v) is 0.270. The maximum atomic E-state index is 9.77. The van der Waals surface area contributed by atoms with Crippen LogP contribution in [-0.4, -0.2) is 55.6 Å². The first kappa shape index (κ1) is 21.0. The van der Waals surface area contributed by atoms with Crippen LogP contribution in [0.2, 0.25) is 0 Å². The first-order valence-electron chi connectivity index (χ1n) is 3.81. The van der Waals surface area contributed by atoms with Crippen molar-refractivity contribution >= 4 is 17.9 Å². The van der Waals surface area contributed by atoms with Crippen LogP contribution in [0, 0.1) is 0 Å². The molecule has 0 amide bonds. The number of aliphatic carboxylic acids is 3. The Bertz CT molecular complexity index is 275. The van der Waals surface area contributed by atoms with Crippen LogP contribution in [0.1, 0.15) is 8.35 Å². The molecule has 5 N–H and O–H groups in total. The topological polar surface area (TPSA) is 152 Å². The largest absolute Gasteiger partial charge is 1.00 e. The molecular formula is C8H13LiO8. The SMILES string of the molecule is C=C(C)C(=O)O.O=C(O)C(O)C(O)C(=O)O.[H-].[Li+]. The molecule has 0 heterocycles. The van der Waals surface area contributed by atoms with Crippen LogP contribution in [0.4, 0.5) is 0 Å². The summed E-state index contributed by atoms with van der Waals surface area (Å²) in [5.74, 6) is -4.47. The molecule has 0 rings (SSSR count). The molecule has 0 aliphatic heterocycles. The van der Waals surface area contributed by atoms with Crippen LogP contribution in [0.15, 0.2) is 12.2 Å². The molecule has 94 valence electrons. The summed E-state index contributed by atoms with van der Waals surface area (Å²) < 4.78 is 0. The first-order valence-corrected chi connectivity index (χ1v) is 3.81. The van der Waals surface area contributed by atoms with E-state index in [1.54, 1.807) is 0 Å². The quantitative estimate of drug-likeness (QED) is 0.245. The maximum Gasteiger partial charge on any atom is 1.00 e. The van der Waals surface area contributed by atoms with E-state index in [9.17, 15) is 14.4 Å². The van der Waals surface area contributed by atoms with Gasteiger partial charge in [-0.05, 0) is 6.92 Å². The minimum absolute atomic E-state index is 0. The van der Waals surface area contributed by atoms with E-state index in [-0.39, 0.29) is 25.9 Å². The summed E-state index contributed by atoms with van der Waals surface area (Å²) >= 11 is 0. The van der Waals surface area contributed by atoms with E-state index in [1.807, 2.05) is 0 Å². The van der Waals surface area contributed by atoms with Crippen molar-refractivity contribution in [1.82, 2.24) is 0 Å². The average molecular weight is 244 g/mol. The number of carboxylic acids is 3. The third kappa shape index (κ3) is 10.9. The van der Waals surface area contributed by atoms with Crippen molar-refractivity contribution in [3.05, 3.63) is 12.2 Å². The maximum absolute atomic E-state index is 9.77. The number of carboxylic acid groups (broad SMARTS) is 3.